The van der Waals surface area contributed by atoms with Crippen LogP contribution in [0.3, 0.4) is 0 Å². The average Bonchev–Trinajstić information content (AvgIpc) is 2.64. The molecule has 0 aliphatic heterocycles. The zero-order valence-corrected chi connectivity index (χ0v) is 10.3. The molecule has 0 spiro atoms. The molecular formula is C11H6BrF3S. The van der Waals surface area contributed by atoms with Gasteiger partial charge in [-0.15, -0.1) is 11.3 Å². The second-order valence-corrected chi connectivity index (χ2v) is 5.51. The van der Waals surface area contributed by atoms with Gasteiger partial charge < -0.3 is 0 Å². The van der Waals surface area contributed by atoms with E-state index in [0.29, 0.717) is 5.56 Å². The van der Waals surface area contributed by atoms with Gasteiger partial charge in [-0.1, -0.05) is 12.1 Å². The monoisotopic (exact) mass is 306 g/mol. The molecule has 16 heavy (non-hydrogen) atoms. The van der Waals surface area contributed by atoms with Crippen LogP contribution < -0.4 is 0 Å². The highest BCUT2D eigenvalue weighted by molar-refractivity contribution is 9.11. The summed E-state index contributed by atoms with van der Waals surface area (Å²) < 4.78 is 38.3. The Labute approximate surface area is 103 Å². The highest BCUT2D eigenvalue weighted by atomic mass is 79.9. The molecule has 0 N–H and O–H groups in total. The van der Waals surface area contributed by atoms with Gasteiger partial charge >= 0.3 is 6.18 Å². The first-order valence-electron chi connectivity index (χ1n) is 4.38. The van der Waals surface area contributed by atoms with E-state index in [0.717, 1.165) is 21.5 Å². The molecule has 0 bridgehead atoms. The number of halogens is 4. The maximum atomic E-state index is 12.5. The third-order valence-corrected chi connectivity index (χ3v) is 3.60. The molecule has 0 saturated carbocycles. The van der Waals surface area contributed by atoms with Crippen molar-refractivity contribution in [3.8, 4) is 11.1 Å². The summed E-state index contributed by atoms with van der Waals surface area (Å²) in [6.07, 6.45) is -4.29. The lowest BCUT2D eigenvalue weighted by atomic mass is 10.1. The van der Waals surface area contributed by atoms with Crippen molar-refractivity contribution in [3.05, 3.63) is 45.1 Å². The van der Waals surface area contributed by atoms with Gasteiger partial charge in [0.2, 0.25) is 0 Å². The highest BCUT2D eigenvalue weighted by Gasteiger charge is 2.30. The second-order valence-electron chi connectivity index (χ2n) is 3.22. The summed E-state index contributed by atoms with van der Waals surface area (Å²) in [6.45, 7) is 0. The predicted octanol–water partition coefficient (Wildman–Crippen LogP) is 5.20. The van der Waals surface area contributed by atoms with Crippen molar-refractivity contribution in [2.45, 2.75) is 6.18 Å². The first-order chi connectivity index (χ1) is 7.47. The number of hydrogen-bond donors (Lipinski definition) is 0. The van der Waals surface area contributed by atoms with Gasteiger partial charge in [0.05, 0.1) is 9.35 Å². The third kappa shape index (κ3) is 2.47. The molecule has 0 atom stereocenters. The summed E-state index contributed by atoms with van der Waals surface area (Å²) in [4.78, 5) is 0. The smallest absolute Gasteiger partial charge is 0.166 e. The summed E-state index contributed by atoms with van der Waals surface area (Å²) in [5.41, 5.74) is 0.757. The quantitative estimate of drug-likeness (QED) is 0.679. The van der Waals surface area contributed by atoms with E-state index in [2.05, 4.69) is 15.9 Å². The van der Waals surface area contributed by atoms with Crippen molar-refractivity contribution in [1.29, 1.82) is 0 Å². The SMILES string of the molecule is FC(F)(F)c1cccc(-c2csc(Br)c2)c1. The fourth-order valence-electron chi connectivity index (χ4n) is 1.34. The van der Waals surface area contributed by atoms with Gasteiger partial charge in [-0.25, -0.2) is 0 Å². The Hall–Kier alpha value is -0.810. The molecule has 0 amide bonds. The molecule has 1 heterocycles. The molecule has 5 heteroatoms. The summed E-state index contributed by atoms with van der Waals surface area (Å²) in [5, 5.41) is 1.82. The van der Waals surface area contributed by atoms with Gasteiger partial charge in [-0.05, 0) is 50.6 Å². The maximum absolute atomic E-state index is 12.5. The van der Waals surface area contributed by atoms with Crippen LogP contribution in [-0.2, 0) is 6.18 Å². The van der Waals surface area contributed by atoms with Gasteiger partial charge in [-0.2, -0.15) is 13.2 Å². The molecule has 2 aromatic rings. The number of alkyl halides is 3. The van der Waals surface area contributed by atoms with E-state index in [4.69, 9.17) is 0 Å². The van der Waals surface area contributed by atoms with Crippen LogP contribution in [0.15, 0.2) is 39.5 Å². The zero-order valence-electron chi connectivity index (χ0n) is 7.88. The van der Waals surface area contributed by atoms with Gasteiger partial charge in [0, 0.05) is 0 Å². The van der Waals surface area contributed by atoms with E-state index in [1.165, 1.54) is 17.4 Å². The van der Waals surface area contributed by atoms with Crippen molar-refractivity contribution < 1.29 is 13.2 Å². The van der Waals surface area contributed by atoms with E-state index in [1.54, 1.807) is 12.1 Å². The van der Waals surface area contributed by atoms with Crippen LogP contribution in [0, 0.1) is 0 Å². The van der Waals surface area contributed by atoms with Crippen LogP contribution in [0.2, 0.25) is 0 Å². The Morgan fingerprint density at radius 3 is 2.38 bits per heavy atom. The molecule has 0 aliphatic rings. The van der Waals surface area contributed by atoms with Crippen LogP contribution in [0.5, 0.6) is 0 Å². The van der Waals surface area contributed by atoms with Crippen LogP contribution in [0.4, 0.5) is 13.2 Å². The number of thiophene rings is 1. The lowest BCUT2D eigenvalue weighted by molar-refractivity contribution is -0.137. The number of hydrogen-bond acceptors (Lipinski definition) is 1. The molecule has 84 valence electrons. The van der Waals surface area contributed by atoms with Crippen LogP contribution in [0.1, 0.15) is 5.56 Å². The standard InChI is InChI=1S/C11H6BrF3S/c12-10-5-8(6-16-10)7-2-1-3-9(4-7)11(13,14)15/h1-6H. The van der Waals surface area contributed by atoms with Crippen molar-refractivity contribution in [2.24, 2.45) is 0 Å². The van der Waals surface area contributed by atoms with Gasteiger partial charge in [0.15, 0.2) is 0 Å². The summed E-state index contributed by atoms with van der Waals surface area (Å²) in [7, 11) is 0. The first-order valence-corrected chi connectivity index (χ1v) is 6.06. The van der Waals surface area contributed by atoms with Crippen LogP contribution in [-0.4, -0.2) is 0 Å². The molecule has 2 rings (SSSR count). The number of benzene rings is 1. The Kier molecular flexibility index (Phi) is 3.08. The Morgan fingerprint density at radius 2 is 1.81 bits per heavy atom. The Bertz CT molecular complexity index is 502. The van der Waals surface area contributed by atoms with Gasteiger partial charge in [-0.3, -0.25) is 0 Å². The van der Waals surface area contributed by atoms with Gasteiger partial charge in [0.25, 0.3) is 0 Å². The predicted molar refractivity (Wildman–Crippen MR) is 62.5 cm³/mol. The first kappa shape index (κ1) is 11.7. The Morgan fingerprint density at radius 1 is 1.06 bits per heavy atom. The normalized spacial score (nSPS) is 11.8. The highest BCUT2D eigenvalue weighted by Crippen LogP contribution is 2.34. The van der Waals surface area contributed by atoms with Crippen molar-refractivity contribution in [1.82, 2.24) is 0 Å². The zero-order chi connectivity index (χ0) is 11.8. The molecule has 0 saturated heterocycles. The van der Waals surface area contributed by atoms with Crippen LogP contribution in [0.25, 0.3) is 11.1 Å². The molecular weight excluding hydrogens is 301 g/mol. The van der Waals surface area contributed by atoms with Crippen molar-refractivity contribution in [3.63, 3.8) is 0 Å². The van der Waals surface area contributed by atoms with E-state index in [-0.39, 0.29) is 0 Å². The molecule has 0 fully saturated rings. The summed E-state index contributed by atoms with van der Waals surface area (Å²) in [6, 6.07) is 7.13. The average molecular weight is 307 g/mol. The van der Waals surface area contributed by atoms with E-state index in [1.807, 2.05) is 5.38 Å². The fraction of sp³-hybridized carbons (Fsp3) is 0.0909. The minimum Gasteiger partial charge on any atom is -0.166 e. The van der Waals surface area contributed by atoms with Crippen molar-refractivity contribution >= 4 is 27.3 Å². The fourth-order valence-corrected chi connectivity index (χ4v) is 2.50. The Balaban J connectivity index is 2.44. The minimum absolute atomic E-state index is 0.580. The van der Waals surface area contributed by atoms with Crippen LogP contribution >= 0.6 is 27.3 Å². The van der Waals surface area contributed by atoms with Gasteiger partial charge in [0.1, 0.15) is 0 Å². The minimum atomic E-state index is -4.29. The molecule has 0 unspecified atom stereocenters. The molecule has 1 aromatic carbocycles. The van der Waals surface area contributed by atoms with E-state index in [9.17, 15) is 13.2 Å². The summed E-state index contributed by atoms with van der Waals surface area (Å²) >= 11 is 4.73. The maximum Gasteiger partial charge on any atom is 0.416 e. The van der Waals surface area contributed by atoms with E-state index < -0.39 is 11.7 Å². The largest absolute Gasteiger partial charge is 0.416 e. The molecule has 0 nitrogen and oxygen atoms in total. The topological polar surface area (TPSA) is 0 Å². The lowest BCUT2D eigenvalue weighted by Crippen LogP contribution is -2.04. The lowest BCUT2D eigenvalue weighted by Gasteiger charge is -2.07. The molecule has 1 aromatic heterocycles. The number of rotatable bonds is 1. The molecule has 0 radical (unpaired) electrons. The second kappa shape index (κ2) is 4.22. The van der Waals surface area contributed by atoms with Crippen molar-refractivity contribution in [2.75, 3.05) is 0 Å². The summed E-state index contributed by atoms with van der Waals surface area (Å²) in [5.74, 6) is 0. The third-order valence-electron chi connectivity index (χ3n) is 2.09. The molecule has 0 aliphatic carbocycles. The van der Waals surface area contributed by atoms with E-state index >= 15 is 0 Å².